The van der Waals surface area contributed by atoms with Crippen LogP contribution < -0.4 is 0 Å². The third-order valence-corrected chi connectivity index (χ3v) is 7.18. The molecular weight excluding hydrogens is 606 g/mol. The van der Waals surface area contributed by atoms with Gasteiger partial charge in [-0.2, -0.15) is 0 Å². The van der Waals surface area contributed by atoms with Crippen molar-refractivity contribution in [3.05, 3.63) is 54.4 Å². The third kappa shape index (κ3) is 4.23. The quantitative estimate of drug-likeness (QED) is 0.297. The van der Waals surface area contributed by atoms with E-state index in [4.69, 9.17) is 4.42 Å². The van der Waals surface area contributed by atoms with Gasteiger partial charge in [0.25, 0.3) is 0 Å². The standard InChI is InChI=1S/C20H18I2O5S/c1-3-4-5-16-18(19(23)11-8-14(21)20(24)15(22)9-11)13-7-6-12(28(2,25)26)10-17(13)27-16/h6-10,24H,3-5H2,1-2H3. The zero-order chi connectivity index (χ0) is 20.6. The fourth-order valence-corrected chi connectivity index (χ4v) is 5.37. The van der Waals surface area contributed by atoms with Crippen LogP contribution in [0.2, 0.25) is 0 Å². The van der Waals surface area contributed by atoms with Gasteiger partial charge in [-0.15, -0.1) is 0 Å². The second-order valence-corrected chi connectivity index (χ2v) is 10.9. The molecule has 0 bridgehead atoms. The van der Waals surface area contributed by atoms with Gasteiger partial charge in [-0.3, -0.25) is 4.79 Å². The van der Waals surface area contributed by atoms with Gasteiger partial charge in [-0.25, -0.2) is 8.42 Å². The molecule has 0 aliphatic heterocycles. The number of ketones is 1. The van der Waals surface area contributed by atoms with Crippen molar-refractivity contribution in [3.63, 3.8) is 0 Å². The van der Waals surface area contributed by atoms with Crippen LogP contribution in [0.3, 0.4) is 0 Å². The lowest BCUT2D eigenvalue weighted by Crippen LogP contribution is -2.05. The highest BCUT2D eigenvalue weighted by molar-refractivity contribution is 14.1. The van der Waals surface area contributed by atoms with Crippen LogP contribution in [0.15, 0.2) is 39.6 Å². The van der Waals surface area contributed by atoms with Crippen LogP contribution in [0.25, 0.3) is 11.0 Å². The number of carbonyl (C=O) groups is 1. The normalized spacial score (nSPS) is 11.9. The number of phenolic OH excluding ortho intramolecular Hbond substituents is 1. The molecule has 1 heterocycles. The minimum absolute atomic E-state index is 0.152. The molecule has 0 spiro atoms. The SMILES string of the molecule is CCCCc1oc2cc(S(C)(=O)=O)ccc2c1C(=O)c1cc(I)c(O)c(I)c1. The monoisotopic (exact) mass is 624 g/mol. The molecule has 0 unspecified atom stereocenters. The third-order valence-electron chi connectivity index (χ3n) is 4.43. The predicted molar refractivity (Wildman–Crippen MR) is 125 cm³/mol. The maximum absolute atomic E-state index is 13.3. The Morgan fingerprint density at radius 2 is 1.79 bits per heavy atom. The second-order valence-electron chi connectivity index (χ2n) is 6.55. The smallest absolute Gasteiger partial charge is 0.197 e. The van der Waals surface area contributed by atoms with Crippen LogP contribution in [0.1, 0.15) is 41.4 Å². The molecule has 0 radical (unpaired) electrons. The van der Waals surface area contributed by atoms with Crippen LogP contribution in [0.4, 0.5) is 0 Å². The average Bonchev–Trinajstić information content (AvgIpc) is 3.00. The van der Waals surface area contributed by atoms with E-state index in [0.717, 1.165) is 19.1 Å². The summed E-state index contributed by atoms with van der Waals surface area (Å²) in [6, 6.07) is 7.90. The van der Waals surface area contributed by atoms with Crippen LogP contribution in [0, 0.1) is 7.14 Å². The fourth-order valence-electron chi connectivity index (χ4n) is 2.96. The maximum Gasteiger partial charge on any atom is 0.197 e. The Balaban J connectivity index is 2.21. The number of aryl methyl sites for hydroxylation is 1. The Kier molecular flexibility index (Phi) is 6.40. The van der Waals surface area contributed by atoms with Gasteiger partial charge in [0.15, 0.2) is 15.6 Å². The summed E-state index contributed by atoms with van der Waals surface area (Å²) in [5, 5.41) is 10.6. The largest absolute Gasteiger partial charge is 0.506 e. The number of furan rings is 1. The summed E-state index contributed by atoms with van der Waals surface area (Å²) in [4.78, 5) is 13.5. The summed E-state index contributed by atoms with van der Waals surface area (Å²) in [7, 11) is -3.38. The van der Waals surface area contributed by atoms with Crippen molar-refractivity contribution < 1.29 is 22.7 Å². The summed E-state index contributed by atoms with van der Waals surface area (Å²) < 4.78 is 30.8. The van der Waals surface area contributed by atoms with Crippen molar-refractivity contribution in [2.75, 3.05) is 6.26 Å². The number of hydrogen-bond donors (Lipinski definition) is 1. The molecule has 0 aliphatic rings. The highest BCUT2D eigenvalue weighted by Crippen LogP contribution is 2.33. The molecular formula is C20H18I2O5S. The Hall–Kier alpha value is -1.14. The van der Waals surface area contributed by atoms with E-state index in [2.05, 4.69) is 6.92 Å². The molecule has 1 N–H and O–H groups in total. The molecule has 2 aromatic carbocycles. The van der Waals surface area contributed by atoms with Gasteiger partial charge in [-0.05, 0) is 75.9 Å². The maximum atomic E-state index is 13.3. The first-order valence-electron chi connectivity index (χ1n) is 8.61. The van der Waals surface area contributed by atoms with E-state index < -0.39 is 9.84 Å². The lowest BCUT2D eigenvalue weighted by atomic mass is 9.98. The molecule has 8 heteroatoms. The first kappa shape index (κ1) is 21.6. The zero-order valence-electron chi connectivity index (χ0n) is 15.3. The number of unbranched alkanes of at least 4 members (excludes halogenated alkanes) is 1. The van der Waals surface area contributed by atoms with Crippen molar-refractivity contribution in [1.29, 1.82) is 0 Å². The van der Waals surface area contributed by atoms with E-state index in [1.807, 2.05) is 45.2 Å². The number of aromatic hydroxyl groups is 1. The predicted octanol–water partition coefficient (Wildman–Crippen LogP) is 5.32. The van der Waals surface area contributed by atoms with Gasteiger partial charge in [-0.1, -0.05) is 13.3 Å². The zero-order valence-corrected chi connectivity index (χ0v) is 20.4. The molecule has 5 nitrogen and oxygen atoms in total. The van der Waals surface area contributed by atoms with Crippen molar-refractivity contribution in [3.8, 4) is 5.75 Å². The molecule has 0 saturated carbocycles. The van der Waals surface area contributed by atoms with E-state index in [1.54, 1.807) is 18.2 Å². The minimum atomic E-state index is -3.38. The number of carbonyl (C=O) groups excluding carboxylic acids is 1. The molecule has 3 aromatic rings. The van der Waals surface area contributed by atoms with Crippen LogP contribution in [-0.4, -0.2) is 25.6 Å². The van der Waals surface area contributed by atoms with E-state index in [9.17, 15) is 18.3 Å². The number of fused-ring (bicyclic) bond motifs is 1. The Labute approximate surface area is 190 Å². The number of rotatable bonds is 6. The number of sulfone groups is 1. The van der Waals surface area contributed by atoms with Crippen molar-refractivity contribution in [2.45, 2.75) is 31.1 Å². The summed E-state index contributed by atoms with van der Waals surface area (Å²) in [5.41, 5.74) is 1.31. The molecule has 148 valence electrons. The van der Waals surface area contributed by atoms with Gasteiger partial charge in [0.05, 0.1) is 17.6 Å². The van der Waals surface area contributed by atoms with Gasteiger partial charge >= 0.3 is 0 Å². The highest BCUT2D eigenvalue weighted by Gasteiger charge is 2.24. The molecule has 28 heavy (non-hydrogen) atoms. The average molecular weight is 624 g/mol. The van der Waals surface area contributed by atoms with Gasteiger partial charge in [0.2, 0.25) is 0 Å². The lowest BCUT2D eigenvalue weighted by molar-refractivity contribution is 0.103. The fraction of sp³-hybridized carbons (Fsp3) is 0.250. The van der Waals surface area contributed by atoms with E-state index in [-0.39, 0.29) is 16.4 Å². The van der Waals surface area contributed by atoms with E-state index in [0.29, 0.717) is 41.4 Å². The Bertz CT molecular complexity index is 1160. The number of halogens is 2. The lowest BCUT2D eigenvalue weighted by Gasteiger charge is -2.07. The van der Waals surface area contributed by atoms with Crippen LogP contribution in [-0.2, 0) is 16.3 Å². The molecule has 0 fully saturated rings. The molecule has 0 saturated heterocycles. The molecule has 0 atom stereocenters. The first-order valence-corrected chi connectivity index (χ1v) is 12.7. The minimum Gasteiger partial charge on any atom is -0.506 e. The van der Waals surface area contributed by atoms with Crippen LogP contribution in [0.5, 0.6) is 5.75 Å². The van der Waals surface area contributed by atoms with E-state index >= 15 is 0 Å². The number of benzene rings is 2. The highest BCUT2D eigenvalue weighted by atomic mass is 127. The van der Waals surface area contributed by atoms with Gasteiger partial charge in [0, 0.05) is 29.7 Å². The van der Waals surface area contributed by atoms with Crippen molar-refractivity contribution in [1.82, 2.24) is 0 Å². The van der Waals surface area contributed by atoms with Gasteiger partial charge < -0.3 is 9.52 Å². The Morgan fingerprint density at radius 3 is 2.36 bits per heavy atom. The molecule has 1 aromatic heterocycles. The molecule has 0 aliphatic carbocycles. The van der Waals surface area contributed by atoms with Crippen molar-refractivity contribution in [2.24, 2.45) is 0 Å². The van der Waals surface area contributed by atoms with Crippen LogP contribution >= 0.6 is 45.2 Å². The number of phenols is 1. The summed E-state index contributed by atoms with van der Waals surface area (Å²) in [5.74, 6) is 0.511. The first-order chi connectivity index (χ1) is 13.1. The summed E-state index contributed by atoms with van der Waals surface area (Å²) >= 11 is 3.98. The summed E-state index contributed by atoms with van der Waals surface area (Å²) in [6.07, 6.45) is 3.52. The summed E-state index contributed by atoms with van der Waals surface area (Å²) in [6.45, 7) is 2.05. The molecule has 3 rings (SSSR count). The van der Waals surface area contributed by atoms with Gasteiger partial charge in [0.1, 0.15) is 17.1 Å². The molecule has 0 amide bonds. The second kappa shape index (κ2) is 8.31. The topological polar surface area (TPSA) is 84.6 Å². The van der Waals surface area contributed by atoms with E-state index in [1.165, 1.54) is 12.1 Å². The Morgan fingerprint density at radius 1 is 1.14 bits per heavy atom. The van der Waals surface area contributed by atoms with Crippen molar-refractivity contribution >= 4 is 71.8 Å². The number of hydrogen-bond acceptors (Lipinski definition) is 5.